The Kier molecular flexibility index (Phi) is 6.89. The topological polar surface area (TPSA) is 41.5 Å². The van der Waals surface area contributed by atoms with Gasteiger partial charge in [-0.1, -0.05) is 32.9 Å². The van der Waals surface area contributed by atoms with E-state index in [9.17, 15) is 5.11 Å². The molecule has 0 aliphatic carbocycles. The summed E-state index contributed by atoms with van der Waals surface area (Å²) in [5, 5.41) is 12.6. The molecule has 0 aliphatic heterocycles. The number of rotatable bonds is 8. The van der Waals surface area contributed by atoms with Crippen molar-refractivity contribution in [3.63, 3.8) is 0 Å². The predicted molar refractivity (Wildman–Crippen MR) is 79.9 cm³/mol. The first-order valence-corrected chi connectivity index (χ1v) is 7.16. The zero-order valence-electron chi connectivity index (χ0n) is 12.6. The molecule has 0 fully saturated rings. The first-order valence-electron chi connectivity index (χ1n) is 7.16. The van der Waals surface area contributed by atoms with Crippen LogP contribution in [0.4, 0.5) is 0 Å². The molecule has 0 aromatic heterocycles. The molecular formula is C16H27NO2. The van der Waals surface area contributed by atoms with E-state index >= 15 is 0 Å². The van der Waals surface area contributed by atoms with Gasteiger partial charge in [0.2, 0.25) is 0 Å². The number of hydrogen-bond acceptors (Lipinski definition) is 3. The average molecular weight is 265 g/mol. The van der Waals surface area contributed by atoms with Crippen molar-refractivity contribution in [3.8, 4) is 5.75 Å². The Morgan fingerprint density at radius 1 is 1.32 bits per heavy atom. The third-order valence-electron chi connectivity index (χ3n) is 3.13. The molecule has 0 saturated heterocycles. The molecule has 2 N–H and O–H groups in total. The van der Waals surface area contributed by atoms with Gasteiger partial charge in [-0.2, -0.15) is 0 Å². The van der Waals surface area contributed by atoms with Gasteiger partial charge in [0.05, 0.1) is 12.6 Å². The maximum atomic E-state index is 9.32. The summed E-state index contributed by atoms with van der Waals surface area (Å²) in [7, 11) is 0. The van der Waals surface area contributed by atoms with E-state index in [1.807, 2.05) is 0 Å². The highest BCUT2D eigenvalue weighted by Gasteiger charge is 2.11. The molecule has 0 amide bonds. The lowest BCUT2D eigenvalue weighted by atomic mass is 10.0. The van der Waals surface area contributed by atoms with Crippen LogP contribution in [0.15, 0.2) is 18.2 Å². The quantitative estimate of drug-likeness (QED) is 0.759. The summed E-state index contributed by atoms with van der Waals surface area (Å²) in [6.07, 6.45) is 1.05. The first-order chi connectivity index (χ1) is 9.08. The minimum atomic E-state index is 0.000439. The summed E-state index contributed by atoms with van der Waals surface area (Å²) < 4.78 is 5.91. The summed E-state index contributed by atoms with van der Waals surface area (Å²) >= 11 is 0. The number of aryl methyl sites for hydroxylation is 1. The van der Waals surface area contributed by atoms with Gasteiger partial charge < -0.3 is 15.2 Å². The van der Waals surface area contributed by atoms with Gasteiger partial charge in [0.15, 0.2) is 0 Å². The van der Waals surface area contributed by atoms with Crippen molar-refractivity contribution in [2.45, 2.75) is 46.1 Å². The SMILES string of the molecule is CCCNC(CO)COc1cc(C)ccc1C(C)C. The van der Waals surface area contributed by atoms with E-state index in [2.05, 4.69) is 51.2 Å². The lowest BCUT2D eigenvalue weighted by Gasteiger charge is -2.19. The number of aliphatic hydroxyl groups is 1. The van der Waals surface area contributed by atoms with Gasteiger partial charge in [0.25, 0.3) is 0 Å². The molecular weight excluding hydrogens is 238 g/mol. The van der Waals surface area contributed by atoms with Crippen molar-refractivity contribution in [2.24, 2.45) is 0 Å². The van der Waals surface area contributed by atoms with Gasteiger partial charge in [0, 0.05) is 0 Å². The van der Waals surface area contributed by atoms with Crippen LogP contribution in [0.3, 0.4) is 0 Å². The second-order valence-corrected chi connectivity index (χ2v) is 5.34. The third kappa shape index (κ3) is 5.21. The van der Waals surface area contributed by atoms with Crippen LogP contribution >= 0.6 is 0 Å². The molecule has 0 bridgehead atoms. The minimum Gasteiger partial charge on any atom is -0.492 e. The smallest absolute Gasteiger partial charge is 0.123 e. The zero-order chi connectivity index (χ0) is 14.3. The Labute approximate surface area is 117 Å². The summed E-state index contributed by atoms with van der Waals surface area (Å²) in [4.78, 5) is 0. The Bertz CT molecular complexity index is 377. The van der Waals surface area contributed by atoms with Gasteiger partial charge in [-0.05, 0) is 43.0 Å². The van der Waals surface area contributed by atoms with Crippen LogP contribution in [-0.4, -0.2) is 30.9 Å². The van der Waals surface area contributed by atoms with Crippen LogP contribution in [0.25, 0.3) is 0 Å². The highest BCUT2D eigenvalue weighted by atomic mass is 16.5. The molecule has 0 heterocycles. The molecule has 1 aromatic rings. The van der Waals surface area contributed by atoms with E-state index in [0.29, 0.717) is 12.5 Å². The second kappa shape index (κ2) is 8.18. The number of hydrogen-bond donors (Lipinski definition) is 2. The van der Waals surface area contributed by atoms with Crippen LogP contribution in [0, 0.1) is 6.92 Å². The van der Waals surface area contributed by atoms with E-state index in [4.69, 9.17) is 4.74 Å². The van der Waals surface area contributed by atoms with Crippen molar-refractivity contribution in [2.75, 3.05) is 19.8 Å². The molecule has 0 radical (unpaired) electrons. The molecule has 108 valence electrons. The van der Waals surface area contributed by atoms with Crippen LogP contribution < -0.4 is 10.1 Å². The van der Waals surface area contributed by atoms with Gasteiger partial charge in [-0.25, -0.2) is 0 Å². The van der Waals surface area contributed by atoms with E-state index in [1.54, 1.807) is 0 Å². The number of benzene rings is 1. The third-order valence-corrected chi connectivity index (χ3v) is 3.13. The zero-order valence-corrected chi connectivity index (χ0v) is 12.6. The second-order valence-electron chi connectivity index (χ2n) is 5.34. The molecule has 0 aliphatic rings. The van der Waals surface area contributed by atoms with E-state index in [0.717, 1.165) is 18.7 Å². The van der Waals surface area contributed by atoms with E-state index in [-0.39, 0.29) is 12.6 Å². The van der Waals surface area contributed by atoms with Gasteiger partial charge in [-0.3, -0.25) is 0 Å². The molecule has 19 heavy (non-hydrogen) atoms. The van der Waals surface area contributed by atoms with Crippen LogP contribution in [-0.2, 0) is 0 Å². The number of ether oxygens (including phenoxy) is 1. The van der Waals surface area contributed by atoms with Crippen molar-refractivity contribution in [1.82, 2.24) is 5.32 Å². The molecule has 1 aromatic carbocycles. The standard InChI is InChI=1S/C16H27NO2/c1-5-8-17-14(10-18)11-19-16-9-13(4)6-7-15(16)12(2)3/h6-7,9,12,14,17-18H,5,8,10-11H2,1-4H3. The summed E-state index contributed by atoms with van der Waals surface area (Å²) in [6, 6.07) is 6.31. The van der Waals surface area contributed by atoms with Gasteiger partial charge in [-0.15, -0.1) is 0 Å². The molecule has 0 saturated carbocycles. The largest absolute Gasteiger partial charge is 0.492 e. The fourth-order valence-electron chi connectivity index (χ4n) is 1.96. The van der Waals surface area contributed by atoms with Crippen molar-refractivity contribution < 1.29 is 9.84 Å². The number of aliphatic hydroxyl groups excluding tert-OH is 1. The molecule has 1 rings (SSSR count). The van der Waals surface area contributed by atoms with Crippen molar-refractivity contribution >= 4 is 0 Å². The Hall–Kier alpha value is -1.06. The predicted octanol–water partition coefficient (Wildman–Crippen LogP) is 2.86. The van der Waals surface area contributed by atoms with Crippen LogP contribution in [0.5, 0.6) is 5.75 Å². The molecule has 0 spiro atoms. The van der Waals surface area contributed by atoms with Gasteiger partial charge >= 0.3 is 0 Å². The average Bonchev–Trinajstić information content (AvgIpc) is 2.38. The Morgan fingerprint density at radius 2 is 2.05 bits per heavy atom. The molecule has 1 unspecified atom stereocenters. The summed E-state index contributed by atoms with van der Waals surface area (Å²) in [5.41, 5.74) is 2.42. The molecule has 3 heteroatoms. The fourth-order valence-corrected chi connectivity index (χ4v) is 1.96. The van der Waals surface area contributed by atoms with E-state index in [1.165, 1.54) is 11.1 Å². The minimum absolute atomic E-state index is 0.000439. The summed E-state index contributed by atoms with van der Waals surface area (Å²) in [5.74, 6) is 1.37. The normalized spacial score (nSPS) is 12.7. The molecule has 1 atom stereocenters. The Balaban J connectivity index is 2.67. The van der Waals surface area contributed by atoms with Crippen LogP contribution in [0.2, 0.25) is 0 Å². The van der Waals surface area contributed by atoms with Crippen molar-refractivity contribution in [3.05, 3.63) is 29.3 Å². The summed E-state index contributed by atoms with van der Waals surface area (Å²) in [6.45, 7) is 10.0. The highest BCUT2D eigenvalue weighted by molar-refractivity contribution is 5.39. The monoisotopic (exact) mass is 265 g/mol. The van der Waals surface area contributed by atoms with Gasteiger partial charge in [0.1, 0.15) is 12.4 Å². The maximum Gasteiger partial charge on any atom is 0.123 e. The molecule has 3 nitrogen and oxygen atoms in total. The van der Waals surface area contributed by atoms with Crippen molar-refractivity contribution in [1.29, 1.82) is 0 Å². The maximum absolute atomic E-state index is 9.32. The first kappa shape index (κ1) is 16.0. The fraction of sp³-hybridized carbons (Fsp3) is 0.625. The lowest BCUT2D eigenvalue weighted by molar-refractivity contribution is 0.182. The number of nitrogens with one attached hydrogen (secondary N) is 1. The van der Waals surface area contributed by atoms with E-state index < -0.39 is 0 Å². The Morgan fingerprint density at radius 3 is 2.63 bits per heavy atom. The lowest BCUT2D eigenvalue weighted by Crippen LogP contribution is -2.38. The highest BCUT2D eigenvalue weighted by Crippen LogP contribution is 2.27. The van der Waals surface area contributed by atoms with Crippen LogP contribution in [0.1, 0.15) is 44.2 Å².